The Balaban J connectivity index is 1.63. The van der Waals surface area contributed by atoms with E-state index in [1.165, 1.54) is 35.6 Å². The summed E-state index contributed by atoms with van der Waals surface area (Å²) in [7, 11) is -0.366. The van der Waals surface area contributed by atoms with Crippen LogP contribution in [-0.4, -0.2) is 53.9 Å². The van der Waals surface area contributed by atoms with E-state index >= 15 is 0 Å². The molecule has 0 spiro atoms. The smallest absolute Gasteiger partial charge is 0.242 e. The Hall–Kier alpha value is -2.22. The molecule has 6 nitrogen and oxygen atoms in total. The van der Waals surface area contributed by atoms with Gasteiger partial charge in [-0.2, -0.15) is 0 Å². The Morgan fingerprint density at radius 1 is 1.06 bits per heavy atom. The molecule has 0 aliphatic heterocycles. The normalized spacial score (nSPS) is 15.4. The fraction of sp³-hybridized carbons (Fsp3) is 0.480. The zero-order chi connectivity index (χ0) is 22.7. The maximum absolute atomic E-state index is 12.6. The van der Waals surface area contributed by atoms with Gasteiger partial charge in [0.2, 0.25) is 10.0 Å². The molecular weight excluding hydrogens is 420 g/mol. The third kappa shape index (κ3) is 4.75. The Labute approximate surface area is 191 Å². The molecule has 1 aliphatic carbocycles. The second-order valence-corrected chi connectivity index (χ2v) is 11.0. The van der Waals surface area contributed by atoms with Crippen molar-refractivity contribution in [3.05, 3.63) is 59.9 Å². The van der Waals surface area contributed by atoms with Gasteiger partial charge in [0.25, 0.3) is 0 Å². The van der Waals surface area contributed by atoms with Gasteiger partial charge in [-0.3, -0.25) is 4.90 Å². The highest BCUT2D eigenvalue weighted by molar-refractivity contribution is 7.89. The number of hydrogen-bond donors (Lipinski definition) is 0. The van der Waals surface area contributed by atoms with Crippen molar-refractivity contribution >= 4 is 21.1 Å². The lowest BCUT2D eigenvalue weighted by atomic mass is 10.1. The SMILES string of the molecule is CCn1c(CN(CCc2ccccc2)C2CCCC2)nc2cc(S(=O)(=O)N(C)C)ccc21. The number of rotatable bonds is 9. The predicted octanol–water partition coefficient (Wildman–Crippen LogP) is 4.29. The molecule has 0 unspecified atom stereocenters. The molecule has 4 rings (SSSR count). The van der Waals surface area contributed by atoms with Crippen molar-refractivity contribution in [2.75, 3.05) is 20.6 Å². The zero-order valence-electron chi connectivity index (χ0n) is 19.4. The van der Waals surface area contributed by atoms with Gasteiger partial charge in [0.15, 0.2) is 0 Å². The van der Waals surface area contributed by atoms with Gasteiger partial charge < -0.3 is 4.57 Å². The summed E-state index contributed by atoms with van der Waals surface area (Å²) in [6, 6.07) is 16.6. The molecule has 0 amide bonds. The summed E-state index contributed by atoms with van der Waals surface area (Å²) in [5, 5.41) is 0. The van der Waals surface area contributed by atoms with Crippen LogP contribution in [0.25, 0.3) is 11.0 Å². The Morgan fingerprint density at radius 2 is 1.78 bits per heavy atom. The molecule has 2 aromatic carbocycles. The van der Waals surface area contributed by atoms with Crippen LogP contribution in [0.4, 0.5) is 0 Å². The van der Waals surface area contributed by atoms with Crippen LogP contribution in [0.5, 0.6) is 0 Å². The molecule has 0 bridgehead atoms. The van der Waals surface area contributed by atoms with Gasteiger partial charge >= 0.3 is 0 Å². The summed E-state index contributed by atoms with van der Waals surface area (Å²) in [6.07, 6.45) is 6.10. The molecule has 32 heavy (non-hydrogen) atoms. The second-order valence-electron chi connectivity index (χ2n) is 8.85. The molecule has 0 N–H and O–H groups in total. The highest BCUT2D eigenvalue weighted by atomic mass is 32.2. The lowest BCUT2D eigenvalue weighted by Gasteiger charge is -2.28. The van der Waals surface area contributed by atoms with E-state index in [0.29, 0.717) is 10.9 Å². The predicted molar refractivity (Wildman–Crippen MR) is 129 cm³/mol. The number of sulfonamides is 1. The lowest BCUT2D eigenvalue weighted by molar-refractivity contribution is 0.185. The number of fused-ring (bicyclic) bond motifs is 1. The van der Waals surface area contributed by atoms with E-state index in [1.807, 2.05) is 6.07 Å². The monoisotopic (exact) mass is 454 g/mol. The number of nitrogens with zero attached hydrogens (tertiary/aromatic N) is 4. The van der Waals surface area contributed by atoms with Crippen LogP contribution in [-0.2, 0) is 29.5 Å². The highest BCUT2D eigenvalue weighted by Crippen LogP contribution is 2.27. The first kappa shape index (κ1) is 23.0. The van der Waals surface area contributed by atoms with Gasteiger partial charge in [-0.25, -0.2) is 17.7 Å². The van der Waals surface area contributed by atoms with E-state index in [1.54, 1.807) is 26.2 Å². The molecule has 0 atom stereocenters. The summed E-state index contributed by atoms with van der Waals surface area (Å²) in [4.78, 5) is 7.80. The number of aromatic nitrogens is 2. The first-order chi connectivity index (χ1) is 15.4. The Kier molecular flexibility index (Phi) is 6.98. The van der Waals surface area contributed by atoms with Crippen LogP contribution in [0.3, 0.4) is 0 Å². The van der Waals surface area contributed by atoms with Crippen molar-refractivity contribution in [3.8, 4) is 0 Å². The van der Waals surface area contributed by atoms with Crippen LogP contribution in [0.15, 0.2) is 53.4 Å². The van der Waals surface area contributed by atoms with Crippen molar-refractivity contribution in [1.82, 2.24) is 18.8 Å². The minimum Gasteiger partial charge on any atom is -0.327 e. The van der Waals surface area contributed by atoms with Gasteiger partial charge in [0.05, 0.1) is 22.5 Å². The minimum atomic E-state index is -3.48. The van der Waals surface area contributed by atoms with E-state index < -0.39 is 10.0 Å². The second kappa shape index (κ2) is 9.73. The maximum atomic E-state index is 12.6. The van der Waals surface area contributed by atoms with Gasteiger partial charge in [-0.05, 0) is 49.9 Å². The van der Waals surface area contributed by atoms with Crippen molar-refractivity contribution in [1.29, 1.82) is 0 Å². The number of imidazole rings is 1. The molecule has 0 radical (unpaired) electrons. The number of benzene rings is 2. The van der Waals surface area contributed by atoms with Crippen LogP contribution in [0, 0.1) is 0 Å². The van der Waals surface area contributed by atoms with E-state index in [4.69, 9.17) is 4.98 Å². The highest BCUT2D eigenvalue weighted by Gasteiger charge is 2.25. The lowest BCUT2D eigenvalue weighted by Crippen LogP contribution is -2.35. The zero-order valence-corrected chi connectivity index (χ0v) is 20.2. The molecule has 1 heterocycles. The average Bonchev–Trinajstić information content (AvgIpc) is 3.44. The topological polar surface area (TPSA) is 58.4 Å². The quantitative estimate of drug-likeness (QED) is 0.484. The van der Waals surface area contributed by atoms with E-state index in [0.717, 1.165) is 42.9 Å². The molecule has 1 aliphatic rings. The van der Waals surface area contributed by atoms with Gasteiger partial charge in [-0.15, -0.1) is 0 Å². The van der Waals surface area contributed by atoms with Crippen LogP contribution >= 0.6 is 0 Å². The van der Waals surface area contributed by atoms with E-state index in [9.17, 15) is 8.42 Å². The molecule has 0 saturated heterocycles. The summed E-state index contributed by atoms with van der Waals surface area (Å²) in [5.74, 6) is 1.02. The molecule has 3 aromatic rings. The first-order valence-electron chi connectivity index (χ1n) is 11.6. The molecule has 1 fully saturated rings. The summed E-state index contributed by atoms with van der Waals surface area (Å²) in [6.45, 7) is 4.72. The Morgan fingerprint density at radius 3 is 2.44 bits per heavy atom. The summed E-state index contributed by atoms with van der Waals surface area (Å²) < 4.78 is 28.7. The number of aryl methyl sites for hydroxylation is 1. The molecule has 7 heteroatoms. The third-order valence-electron chi connectivity index (χ3n) is 6.61. The fourth-order valence-electron chi connectivity index (χ4n) is 4.76. The molecule has 1 saturated carbocycles. The van der Waals surface area contributed by atoms with Crippen LogP contribution < -0.4 is 0 Å². The standard InChI is InChI=1S/C25H34N4O2S/c1-4-29-24-15-14-22(32(30,31)27(2)3)18-23(24)26-25(29)19-28(21-12-8-9-13-21)17-16-20-10-6-5-7-11-20/h5-7,10-11,14-15,18,21H,4,8-9,12-13,16-17,19H2,1-3H3. The maximum Gasteiger partial charge on any atom is 0.242 e. The minimum absolute atomic E-state index is 0.291. The van der Waals surface area contributed by atoms with Gasteiger partial charge in [-0.1, -0.05) is 43.2 Å². The first-order valence-corrected chi connectivity index (χ1v) is 13.0. The van der Waals surface area contributed by atoms with Crippen LogP contribution in [0.2, 0.25) is 0 Å². The van der Waals surface area contributed by atoms with Crippen LogP contribution in [0.1, 0.15) is 44.0 Å². The van der Waals surface area contributed by atoms with Crippen molar-refractivity contribution in [2.45, 2.75) is 63.1 Å². The largest absolute Gasteiger partial charge is 0.327 e. The third-order valence-corrected chi connectivity index (χ3v) is 8.42. The fourth-order valence-corrected chi connectivity index (χ4v) is 5.69. The van der Waals surface area contributed by atoms with Crippen molar-refractivity contribution in [2.24, 2.45) is 0 Å². The van der Waals surface area contributed by atoms with Crippen molar-refractivity contribution < 1.29 is 8.42 Å². The molecule has 172 valence electrons. The van der Waals surface area contributed by atoms with Gasteiger partial charge in [0.1, 0.15) is 5.82 Å². The molecular formula is C25H34N4O2S. The van der Waals surface area contributed by atoms with E-state index in [-0.39, 0.29) is 0 Å². The molecule has 1 aromatic heterocycles. The average molecular weight is 455 g/mol. The number of hydrogen-bond acceptors (Lipinski definition) is 4. The van der Waals surface area contributed by atoms with Gasteiger partial charge in [0, 0.05) is 33.2 Å². The van der Waals surface area contributed by atoms with E-state index in [2.05, 4.69) is 46.7 Å². The van der Waals surface area contributed by atoms with Crippen molar-refractivity contribution in [3.63, 3.8) is 0 Å². The summed E-state index contributed by atoms with van der Waals surface area (Å²) in [5.41, 5.74) is 3.10. The Bertz CT molecular complexity index is 1150. The summed E-state index contributed by atoms with van der Waals surface area (Å²) >= 11 is 0.